The van der Waals surface area contributed by atoms with Crippen molar-refractivity contribution in [2.24, 2.45) is 5.92 Å². The van der Waals surface area contributed by atoms with Crippen LogP contribution in [0.2, 0.25) is 0 Å². The van der Waals surface area contributed by atoms with Crippen LogP contribution in [0.3, 0.4) is 0 Å². The van der Waals surface area contributed by atoms with Gasteiger partial charge in [-0.15, -0.1) is 5.10 Å². The SMILES string of the molecule is Cc1nnnn1-c1ccc(/C(=C\C2CCCC2)C(=O)O)cc1F. The first-order chi connectivity index (χ1) is 11.1. The van der Waals surface area contributed by atoms with E-state index in [9.17, 15) is 14.3 Å². The quantitative estimate of drug-likeness (QED) is 0.877. The minimum atomic E-state index is -1.04. The topological polar surface area (TPSA) is 80.9 Å². The van der Waals surface area contributed by atoms with Crippen molar-refractivity contribution in [1.29, 1.82) is 0 Å². The molecule has 0 unspecified atom stereocenters. The zero-order valence-corrected chi connectivity index (χ0v) is 12.7. The van der Waals surface area contributed by atoms with Crippen molar-refractivity contribution in [3.63, 3.8) is 0 Å². The first-order valence-corrected chi connectivity index (χ1v) is 7.56. The second kappa shape index (κ2) is 6.28. The lowest BCUT2D eigenvalue weighted by Gasteiger charge is -2.09. The van der Waals surface area contributed by atoms with Gasteiger partial charge in [0.2, 0.25) is 0 Å². The molecule has 1 N–H and O–H groups in total. The number of carboxylic acids is 1. The summed E-state index contributed by atoms with van der Waals surface area (Å²) in [5, 5.41) is 20.4. The average Bonchev–Trinajstić information content (AvgIpc) is 3.16. The monoisotopic (exact) mass is 316 g/mol. The molecular weight excluding hydrogens is 299 g/mol. The molecular formula is C16H17FN4O2. The van der Waals surface area contributed by atoms with Crippen molar-refractivity contribution in [1.82, 2.24) is 20.2 Å². The highest BCUT2D eigenvalue weighted by molar-refractivity contribution is 6.15. The fraction of sp³-hybridized carbons (Fsp3) is 0.375. The zero-order valence-electron chi connectivity index (χ0n) is 12.7. The van der Waals surface area contributed by atoms with Crippen LogP contribution in [0.5, 0.6) is 0 Å². The number of allylic oxidation sites excluding steroid dienone is 1. The summed E-state index contributed by atoms with van der Waals surface area (Å²) in [4.78, 5) is 11.5. The van der Waals surface area contributed by atoms with E-state index in [-0.39, 0.29) is 17.2 Å². The van der Waals surface area contributed by atoms with Gasteiger partial charge in [-0.1, -0.05) is 25.0 Å². The van der Waals surface area contributed by atoms with Crippen LogP contribution >= 0.6 is 0 Å². The van der Waals surface area contributed by atoms with Crippen LogP contribution in [-0.2, 0) is 4.79 Å². The number of nitrogens with zero attached hydrogens (tertiary/aromatic N) is 4. The fourth-order valence-electron chi connectivity index (χ4n) is 2.95. The molecule has 1 fully saturated rings. The van der Waals surface area contributed by atoms with Crippen molar-refractivity contribution in [3.8, 4) is 5.69 Å². The van der Waals surface area contributed by atoms with E-state index >= 15 is 0 Å². The number of halogens is 1. The minimum absolute atomic E-state index is 0.149. The Kier molecular flexibility index (Phi) is 4.18. The maximum Gasteiger partial charge on any atom is 0.335 e. The van der Waals surface area contributed by atoms with Gasteiger partial charge in [0.05, 0.1) is 5.57 Å². The van der Waals surface area contributed by atoms with Crippen LogP contribution in [0, 0.1) is 18.7 Å². The molecule has 2 aromatic rings. The van der Waals surface area contributed by atoms with Crippen molar-refractivity contribution in [2.75, 3.05) is 0 Å². The fourth-order valence-corrected chi connectivity index (χ4v) is 2.95. The van der Waals surface area contributed by atoms with Crippen molar-refractivity contribution < 1.29 is 14.3 Å². The van der Waals surface area contributed by atoms with Crippen molar-refractivity contribution in [3.05, 3.63) is 41.5 Å². The molecule has 0 saturated heterocycles. The molecule has 6 nitrogen and oxygen atoms in total. The second-order valence-corrected chi connectivity index (χ2v) is 5.73. The number of carbonyl (C=O) groups is 1. The summed E-state index contributed by atoms with van der Waals surface area (Å²) >= 11 is 0. The molecule has 1 aromatic heterocycles. The van der Waals surface area contributed by atoms with Crippen LogP contribution in [0.1, 0.15) is 37.1 Å². The van der Waals surface area contributed by atoms with Crippen LogP contribution in [0.15, 0.2) is 24.3 Å². The largest absolute Gasteiger partial charge is 0.478 e. The van der Waals surface area contributed by atoms with Crippen LogP contribution in [-0.4, -0.2) is 31.3 Å². The number of rotatable bonds is 4. The molecule has 0 bridgehead atoms. The van der Waals surface area contributed by atoms with E-state index in [0.29, 0.717) is 11.4 Å². The van der Waals surface area contributed by atoms with E-state index in [4.69, 9.17) is 0 Å². The first kappa shape index (κ1) is 15.3. The number of carboxylic acid groups (broad SMARTS) is 1. The third-order valence-corrected chi connectivity index (χ3v) is 4.14. The van der Waals surface area contributed by atoms with Gasteiger partial charge in [0.15, 0.2) is 5.82 Å². The molecule has 0 aliphatic heterocycles. The lowest BCUT2D eigenvalue weighted by Crippen LogP contribution is -2.06. The van der Waals surface area contributed by atoms with Crippen molar-refractivity contribution >= 4 is 11.5 Å². The summed E-state index contributed by atoms with van der Waals surface area (Å²) in [5.41, 5.74) is 0.703. The zero-order chi connectivity index (χ0) is 16.4. The second-order valence-electron chi connectivity index (χ2n) is 5.73. The molecule has 0 spiro atoms. The van der Waals surface area contributed by atoms with Crippen molar-refractivity contribution in [2.45, 2.75) is 32.6 Å². The summed E-state index contributed by atoms with van der Waals surface area (Å²) < 4.78 is 15.7. The van der Waals surface area contributed by atoms with Gasteiger partial charge in [0.25, 0.3) is 0 Å². The third-order valence-electron chi connectivity index (χ3n) is 4.14. The Morgan fingerprint density at radius 3 is 2.70 bits per heavy atom. The predicted octanol–water partition coefficient (Wildman–Crippen LogP) is 2.77. The lowest BCUT2D eigenvalue weighted by atomic mass is 9.98. The minimum Gasteiger partial charge on any atom is -0.478 e. The van der Waals surface area contributed by atoms with Gasteiger partial charge in [0, 0.05) is 0 Å². The molecule has 1 heterocycles. The summed E-state index contributed by atoms with van der Waals surface area (Å²) in [7, 11) is 0. The Labute approximate surface area is 132 Å². The molecule has 0 atom stereocenters. The molecule has 7 heteroatoms. The Bertz CT molecular complexity index is 763. The van der Waals surface area contributed by atoms with Gasteiger partial charge < -0.3 is 5.11 Å². The molecule has 1 aromatic carbocycles. The Morgan fingerprint density at radius 1 is 1.39 bits per heavy atom. The number of aryl methyl sites for hydroxylation is 1. The van der Waals surface area contributed by atoms with Gasteiger partial charge in [-0.25, -0.2) is 9.18 Å². The van der Waals surface area contributed by atoms with E-state index in [1.165, 1.54) is 16.8 Å². The Hall–Kier alpha value is -2.57. The van der Waals surface area contributed by atoms with E-state index in [1.54, 1.807) is 19.1 Å². The summed E-state index contributed by atoms with van der Waals surface area (Å²) in [6.07, 6.45) is 5.95. The molecule has 0 amide bonds. The Morgan fingerprint density at radius 2 is 2.13 bits per heavy atom. The lowest BCUT2D eigenvalue weighted by molar-refractivity contribution is -0.130. The van der Waals surface area contributed by atoms with Crippen LogP contribution in [0.25, 0.3) is 11.3 Å². The van der Waals surface area contributed by atoms with Gasteiger partial charge in [0.1, 0.15) is 11.5 Å². The van der Waals surface area contributed by atoms with Crippen LogP contribution < -0.4 is 0 Å². The Balaban J connectivity index is 1.97. The molecule has 1 aliphatic rings. The molecule has 0 radical (unpaired) electrons. The number of hydrogen-bond acceptors (Lipinski definition) is 4. The highest BCUT2D eigenvalue weighted by atomic mass is 19.1. The summed E-state index contributed by atoms with van der Waals surface area (Å²) in [5.74, 6) is -0.888. The summed E-state index contributed by atoms with van der Waals surface area (Å²) in [6, 6.07) is 4.32. The molecule has 23 heavy (non-hydrogen) atoms. The normalized spacial score (nSPS) is 16.0. The van der Waals surface area contributed by atoms with E-state index in [0.717, 1.165) is 25.7 Å². The number of aromatic nitrogens is 4. The molecule has 3 rings (SSSR count). The number of hydrogen-bond donors (Lipinski definition) is 1. The van der Waals surface area contributed by atoms with E-state index in [2.05, 4.69) is 15.5 Å². The highest BCUT2D eigenvalue weighted by Crippen LogP contribution is 2.30. The number of aliphatic carboxylic acids is 1. The maximum absolute atomic E-state index is 14.4. The smallest absolute Gasteiger partial charge is 0.335 e. The van der Waals surface area contributed by atoms with Gasteiger partial charge in [-0.2, -0.15) is 4.68 Å². The number of tetrazole rings is 1. The standard InChI is InChI=1S/C16H17FN4O2/c1-10-18-19-20-21(10)15-7-6-12(9-14(15)17)13(16(22)23)8-11-4-2-3-5-11/h6-9,11H,2-5H2,1H3,(H,22,23)/b13-8+. The third kappa shape index (κ3) is 3.13. The molecule has 120 valence electrons. The van der Waals surface area contributed by atoms with Gasteiger partial charge in [-0.3, -0.25) is 0 Å². The van der Waals surface area contributed by atoms with Crippen LogP contribution in [0.4, 0.5) is 4.39 Å². The van der Waals surface area contributed by atoms with Gasteiger partial charge >= 0.3 is 5.97 Å². The molecule has 1 aliphatic carbocycles. The first-order valence-electron chi connectivity index (χ1n) is 7.56. The molecule has 1 saturated carbocycles. The summed E-state index contributed by atoms with van der Waals surface area (Å²) in [6.45, 7) is 1.66. The van der Waals surface area contributed by atoms with E-state index in [1.807, 2.05) is 0 Å². The van der Waals surface area contributed by atoms with E-state index < -0.39 is 11.8 Å². The highest BCUT2D eigenvalue weighted by Gasteiger charge is 2.19. The van der Waals surface area contributed by atoms with Gasteiger partial charge in [-0.05, 0) is 53.8 Å². The predicted molar refractivity (Wildman–Crippen MR) is 81.4 cm³/mol. The number of benzene rings is 1. The maximum atomic E-state index is 14.4. The average molecular weight is 316 g/mol.